The highest BCUT2D eigenvalue weighted by atomic mass is 35.5. The number of benzene rings is 1. The second kappa shape index (κ2) is 4.93. The molecule has 2 rings (SSSR count). The van der Waals surface area contributed by atoms with E-state index in [0.717, 1.165) is 0 Å². The molecule has 0 saturated heterocycles. The van der Waals surface area contributed by atoms with Crippen LogP contribution < -0.4 is 5.32 Å². The molecule has 2 aromatic rings. The number of hydrogen-bond donors (Lipinski definition) is 2. The van der Waals surface area contributed by atoms with Gasteiger partial charge >= 0.3 is 0 Å². The molecule has 88 valence electrons. The third-order valence-corrected chi connectivity index (χ3v) is 2.52. The first-order valence-electron chi connectivity index (χ1n) is 4.96. The lowest BCUT2D eigenvalue weighted by Gasteiger charge is -2.04. The Hall–Kier alpha value is -1.94. The Morgan fingerprint density at radius 2 is 2.24 bits per heavy atom. The number of phenols is 1. The molecule has 4 nitrogen and oxygen atoms in total. The normalized spacial score (nSPS) is 10.2. The van der Waals surface area contributed by atoms with Gasteiger partial charge in [0.2, 0.25) is 0 Å². The third-order valence-electron chi connectivity index (χ3n) is 2.21. The number of nitrogens with one attached hydrogen (secondary N) is 1. The molecule has 0 saturated carbocycles. The number of hydrogen-bond acceptors (Lipinski definition) is 3. The number of aromatic hydroxyl groups is 1. The minimum absolute atomic E-state index is 0.0470. The van der Waals surface area contributed by atoms with Gasteiger partial charge in [-0.2, -0.15) is 0 Å². The third kappa shape index (κ3) is 2.79. The smallest absolute Gasteiger partial charge is 0.251 e. The van der Waals surface area contributed by atoms with Gasteiger partial charge in [0.15, 0.2) is 0 Å². The van der Waals surface area contributed by atoms with Crippen LogP contribution >= 0.6 is 11.6 Å². The number of furan rings is 1. The summed E-state index contributed by atoms with van der Waals surface area (Å²) in [5.41, 5.74) is 0.388. The van der Waals surface area contributed by atoms with Crippen molar-refractivity contribution in [2.75, 3.05) is 0 Å². The number of carbonyl (C=O) groups excluding carboxylic acids is 1. The maximum atomic E-state index is 11.7. The number of rotatable bonds is 3. The first kappa shape index (κ1) is 11.5. The van der Waals surface area contributed by atoms with Gasteiger partial charge in [0.05, 0.1) is 17.8 Å². The Morgan fingerprint density at radius 1 is 1.41 bits per heavy atom. The molecule has 0 radical (unpaired) electrons. The minimum Gasteiger partial charge on any atom is -0.506 e. The Bertz CT molecular complexity index is 523. The van der Waals surface area contributed by atoms with Crippen molar-refractivity contribution in [2.45, 2.75) is 6.54 Å². The van der Waals surface area contributed by atoms with E-state index in [1.165, 1.54) is 18.2 Å². The fraction of sp³-hybridized carbons (Fsp3) is 0.0833. The van der Waals surface area contributed by atoms with Crippen LogP contribution in [0.3, 0.4) is 0 Å². The Labute approximate surface area is 103 Å². The SMILES string of the molecule is O=C(NCc1ccco1)c1ccc(O)c(Cl)c1. The van der Waals surface area contributed by atoms with Crippen LogP contribution in [0.25, 0.3) is 0 Å². The van der Waals surface area contributed by atoms with Gasteiger partial charge in [-0.15, -0.1) is 0 Å². The van der Waals surface area contributed by atoms with Gasteiger partial charge in [-0.1, -0.05) is 11.6 Å². The van der Waals surface area contributed by atoms with E-state index in [4.69, 9.17) is 16.0 Å². The summed E-state index contributed by atoms with van der Waals surface area (Å²) in [6.45, 7) is 0.310. The number of carbonyl (C=O) groups is 1. The second-order valence-electron chi connectivity index (χ2n) is 3.43. The average Bonchev–Trinajstić information content (AvgIpc) is 2.82. The first-order valence-corrected chi connectivity index (χ1v) is 5.33. The van der Waals surface area contributed by atoms with Crippen LogP contribution in [-0.2, 0) is 6.54 Å². The highest BCUT2D eigenvalue weighted by molar-refractivity contribution is 6.32. The van der Waals surface area contributed by atoms with Crippen LogP contribution in [-0.4, -0.2) is 11.0 Å². The Balaban J connectivity index is 2.02. The molecular formula is C12H10ClNO3. The molecule has 1 aromatic carbocycles. The molecule has 0 spiro atoms. The lowest BCUT2D eigenvalue weighted by Crippen LogP contribution is -2.22. The van der Waals surface area contributed by atoms with Crippen molar-refractivity contribution in [1.29, 1.82) is 0 Å². The molecule has 0 bridgehead atoms. The van der Waals surface area contributed by atoms with E-state index in [1.54, 1.807) is 18.4 Å². The zero-order chi connectivity index (χ0) is 12.3. The van der Waals surface area contributed by atoms with E-state index >= 15 is 0 Å². The molecule has 5 heteroatoms. The van der Waals surface area contributed by atoms with E-state index in [-0.39, 0.29) is 16.7 Å². The molecule has 0 aliphatic carbocycles. The van der Waals surface area contributed by atoms with E-state index in [1.807, 2.05) is 0 Å². The minimum atomic E-state index is -0.275. The predicted molar refractivity (Wildman–Crippen MR) is 63.0 cm³/mol. The molecule has 0 aliphatic rings. The molecule has 0 fully saturated rings. The van der Waals surface area contributed by atoms with Crippen LogP contribution in [0.15, 0.2) is 41.0 Å². The molecule has 0 unspecified atom stereocenters. The summed E-state index contributed by atoms with van der Waals surface area (Å²) in [5.74, 6) is 0.348. The zero-order valence-electron chi connectivity index (χ0n) is 8.81. The van der Waals surface area contributed by atoms with E-state index in [9.17, 15) is 9.90 Å². The van der Waals surface area contributed by atoms with Gasteiger partial charge in [0, 0.05) is 5.56 Å². The average molecular weight is 252 g/mol. The van der Waals surface area contributed by atoms with Crippen molar-refractivity contribution < 1.29 is 14.3 Å². The zero-order valence-corrected chi connectivity index (χ0v) is 9.57. The highest BCUT2D eigenvalue weighted by Gasteiger charge is 2.08. The standard InChI is InChI=1S/C12H10ClNO3/c13-10-6-8(3-4-11(10)15)12(16)14-7-9-2-1-5-17-9/h1-6,15H,7H2,(H,14,16). The molecule has 17 heavy (non-hydrogen) atoms. The summed E-state index contributed by atoms with van der Waals surface area (Å²) in [5, 5.41) is 12.1. The number of phenolic OH excluding ortho intramolecular Hbond substituents is 1. The van der Waals surface area contributed by atoms with E-state index in [0.29, 0.717) is 17.9 Å². The predicted octanol–water partition coefficient (Wildman–Crippen LogP) is 2.57. The van der Waals surface area contributed by atoms with Gasteiger partial charge in [-0.05, 0) is 30.3 Å². The lowest BCUT2D eigenvalue weighted by atomic mass is 10.2. The first-order chi connectivity index (χ1) is 8.16. The van der Waals surface area contributed by atoms with Crippen molar-refractivity contribution in [1.82, 2.24) is 5.32 Å². The van der Waals surface area contributed by atoms with Gasteiger partial charge < -0.3 is 14.8 Å². The summed E-state index contributed by atoms with van der Waals surface area (Å²) in [6.07, 6.45) is 1.54. The van der Waals surface area contributed by atoms with Crippen LogP contribution in [0.5, 0.6) is 5.75 Å². The summed E-state index contributed by atoms with van der Waals surface area (Å²) >= 11 is 5.71. The molecule has 1 aromatic heterocycles. The van der Waals surface area contributed by atoms with Gasteiger partial charge in [0.1, 0.15) is 11.5 Å². The van der Waals surface area contributed by atoms with Gasteiger partial charge in [-0.25, -0.2) is 0 Å². The van der Waals surface area contributed by atoms with Crippen LogP contribution in [0, 0.1) is 0 Å². The Kier molecular flexibility index (Phi) is 3.35. The molecule has 2 N–H and O–H groups in total. The number of amides is 1. The molecule has 1 heterocycles. The summed E-state index contributed by atoms with van der Waals surface area (Å²) in [6, 6.07) is 7.81. The highest BCUT2D eigenvalue weighted by Crippen LogP contribution is 2.23. The van der Waals surface area contributed by atoms with Crippen molar-refractivity contribution in [3.63, 3.8) is 0 Å². The second-order valence-corrected chi connectivity index (χ2v) is 3.84. The monoisotopic (exact) mass is 251 g/mol. The lowest BCUT2D eigenvalue weighted by molar-refractivity contribution is 0.0948. The van der Waals surface area contributed by atoms with Gasteiger partial charge in [-0.3, -0.25) is 4.79 Å². The molecule has 0 atom stereocenters. The van der Waals surface area contributed by atoms with Crippen molar-refractivity contribution in [3.8, 4) is 5.75 Å². The van der Waals surface area contributed by atoms with Crippen molar-refractivity contribution in [3.05, 3.63) is 52.9 Å². The summed E-state index contributed by atoms with van der Waals surface area (Å²) in [7, 11) is 0. The van der Waals surface area contributed by atoms with Crippen LogP contribution in [0.4, 0.5) is 0 Å². The summed E-state index contributed by atoms with van der Waals surface area (Å²) in [4.78, 5) is 11.7. The quantitative estimate of drug-likeness (QED) is 0.881. The largest absolute Gasteiger partial charge is 0.506 e. The molecule has 0 aliphatic heterocycles. The van der Waals surface area contributed by atoms with Gasteiger partial charge in [0.25, 0.3) is 5.91 Å². The number of halogens is 1. The fourth-order valence-corrected chi connectivity index (χ4v) is 1.51. The maximum absolute atomic E-state index is 11.7. The topological polar surface area (TPSA) is 62.5 Å². The van der Waals surface area contributed by atoms with E-state index < -0.39 is 0 Å². The Morgan fingerprint density at radius 3 is 2.88 bits per heavy atom. The van der Waals surface area contributed by atoms with Crippen LogP contribution in [0.2, 0.25) is 5.02 Å². The molecule has 1 amide bonds. The van der Waals surface area contributed by atoms with Crippen LogP contribution in [0.1, 0.15) is 16.1 Å². The van der Waals surface area contributed by atoms with Crippen molar-refractivity contribution >= 4 is 17.5 Å². The molecular weight excluding hydrogens is 242 g/mol. The maximum Gasteiger partial charge on any atom is 0.251 e. The fourth-order valence-electron chi connectivity index (χ4n) is 1.33. The van der Waals surface area contributed by atoms with Crippen molar-refractivity contribution in [2.24, 2.45) is 0 Å². The van der Waals surface area contributed by atoms with E-state index in [2.05, 4.69) is 5.32 Å². The summed E-state index contributed by atoms with van der Waals surface area (Å²) < 4.78 is 5.08.